The first-order valence-electron chi connectivity index (χ1n) is 9.53. The van der Waals surface area contributed by atoms with Gasteiger partial charge in [-0.1, -0.05) is 25.1 Å². The van der Waals surface area contributed by atoms with Crippen LogP contribution in [0.3, 0.4) is 0 Å². The molecule has 1 unspecified atom stereocenters. The summed E-state index contributed by atoms with van der Waals surface area (Å²) in [6.07, 6.45) is 2.60. The number of ether oxygens (including phenoxy) is 1. The molecule has 2 aromatic rings. The lowest BCUT2D eigenvalue weighted by Crippen LogP contribution is -2.44. The number of carbonyl (C=O) groups excluding carboxylic acids is 3. The Labute approximate surface area is 163 Å². The van der Waals surface area contributed by atoms with E-state index in [1.807, 2.05) is 24.3 Å². The third-order valence-electron chi connectivity index (χ3n) is 4.72. The van der Waals surface area contributed by atoms with Gasteiger partial charge in [-0.05, 0) is 50.7 Å². The molecule has 0 saturated carbocycles. The Morgan fingerprint density at radius 3 is 2.75 bits per heavy atom. The predicted octanol–water partition coefficient (Wildman–Crippen LogP) is 2.75. The maximum absolute atomic E-state index is 12.9. The molecule has 0 bridgehead atoms. The molecule has 0 saturated heterocycles. The van der Waals surface area contributed by atoms with Crippen molar-refractivity contribution in [2.24, 2.45) is 5.92 Å². The average molecular weight is 383 g/mol. The third kappa shape index (κ3) is 4.47. The Morgan fingerprint density at radius 1 is 1.25 bits per heavy atom. The van der Waals surface area contributed by atoms with Gasteiger partial charge in [-0.15, -0.1) is 0 Å². The van der Waals surface area contributed by atoms with E-state index in [0.717, 1.165) is 41.4 Å². The van der Waals surface area contributed by atoms with Crippen LogP contribution >= 0.6 is 0 Å². The predicted molar refractivity (Wildman–Crippen MR) is 105 cm³/mol. The molecule has 2 N–H and O–H groups in total. The monoisotopic (exact) mass is 383 g/mol. The van der Waals surface area contributed by atoms with Crippen LogP contribution in [0.5, 0.6) is 0 Å². The Balaban J connectivity index is 1.80. The number of esters is 1. The topological polar surface area (TPSA) is 97.4 Å². The molecule has 1 aromatic carbocycles. The first-order chi connectivity index (χ1) is 13.3. The molecule has 3 amide bonds. The van der Waals surface area contributed by atoms with Crippen LogP contribution in [-0.4, -0.2) is 35.5 Å². The number of benzene rings is 1. The SMILES string of the molecule is CC1CCc2nc3ccccc3c(C(=O)OCC(=O)NC(=O)NC(C)C)c2C1. The van der Waals surface area contributed by atoms with Crippen molar-refractivity contribution in [3.05, 3.63) is 41.1 Å². The number of aromatic nitrogens is 1. The maximum Gasteiger partial charge on any atom is 0.339 e. The summed E-state index contributed by atoms with van der Waals surface area (Å²) < 4.78 is 5.25. The van der Waals surface area contributed by atoms with Crippen LogP contribution in [0.1, 0.15) is 48.8 Å². The van der Waals surface area contributed by atoms with E-state index in [-0.39, 0.29) is 6.04 Å². The molecule has 7 heteroatoms. The molecule has 0 spiro atoms. The second-order valence-electron chi connectivity index (χ2n) is 7.53. The largest absolute Gasteiger partial charge is 0.452 e. The van der Waals surface area contributed by atoms with Crippen molar-refractivity contribution in [1.29, 1.82) is 0 Å². The number of aryl methyl sites for hydroxylation is 1. The summed E-state index contributed by atoms with van der Waals surface area (Å²) in [7, 11) is 0. The van der Waals surface area contributed by atoms with Crippen LogP contribution in [0, 0.1) is 5.92 Å². The summed E-state index contributed by atoms with van der Waals surface area (Å²) in [5.41, 5.74) is 3.04. The lowest BCUT2D eigenvalue weighted by atomic mass is 9.84. The van der Waals surface area contributed by atoms with Gasteiger partial charge in [0, 0.05) is 17.1 Å². The first-order valence-corrected chi connectivity index (χ1v) is 9.53. The van der Waals surface area contributed by atoms with Gasteiger partial charge in [0.05, 0.1) is 11.1 Å². The van der Waals surface area contributed by atoms with Crippen LogP contribution in [-0.2, 0) is 22.4 Å². The highest BCUT2D eigenvalue weighted by atomic mass is 16.5. The molecule has 148 valence electrons. The number of amides is 3. The molecule has 0 aliphatic heterocycles. The normalized spacial score (nSPS) is 15.8. The molecule has 1 aliphatic rings. The molecule has 1 aromatic heterocycles. The second-order valence-corrected chi connectivity index (χ2v) is 7.53. The minimum atomic E-state index is -0.674. The third-order valence-corrected chi connectivity index (χ3v) is 4.72. The summed E-state index contributed by atoms with van der Waals surface area (Å²) in [4.78, 5) is 41.1. The smallest absolute Gasteiger partial charge is 0.339 e. The first kappa shape index (κ1) is 19.8. The van der Waals surface area contributed by atoms with E-state index >= 15 is 0 Å². The molecule has 28 heavy (non-hydrogen) atoms. The Kier molecular flexibility index (Phi) is 5.92. The van der Waals surface area contributed by atoms with E-state index in [1.54, 1.807) is 13.8 Å². The molecule has 1 aliphatic carbocycles. The number of hydrogen-bond acceptors (Lipinski definition) is 5. The van der Waals surface area contributed by atoms with Crippen molar-refractivity contribution < 1.29 is 19.1 Å². The summed E-state index contributed by atoms with van der Waals surface area (Å²) in [5.74, 6) is -0.791. The van der Waals surface area contributed by atoms with Gasteiger partial charge in [0.2, 0.25) is 0 Å². The van der Waals surface area contributed by atoms with Crippen LogP contribution in [0.2, 0.25) is 0 Å². The number of hydrogen-bond donors (Lipinski definition) is 2. The van der Waals surface area contributed by atoms with E-state index in [4.69, 9.17) is 9.72 Å². The van der Waals surface area contributed by atoms with Gasteiger partial charge >= 0.3 is 12.0 Å². The second kappa shape index (κ2) is 8.37. The van der Waals surface area contributed by atoms with Crippen LogP contribution < -0.4 is 10.6 Å². The number of urea groups is 1. The van der Waals surface area contributed by atoms with Gasteiger partial charge in [0.1, 0.15) is 0 Å². The van der Waals surface area contributed by atoms with Gasteiger partial charge in [0.25, 0.3) is 5.91 Å². The zero-order chi connectivity index (χ0) is 20.3. The van der Waals surface area contributed by atoms with Gasteiger partial charge in [0.15, 0.2) is 6.61 Å². The van der Waals surface area contributed by atoms with Crippen molar-refractivity contribution in [2.75, 3.05) is 6.61 Å². The molecular weight excluding hydrogens is 358 g/mol. The van der Waals surface area contributed by atoms with Gasteiger partial charge in [-0.25, -0.2) is 9.59 Å². The fourth-order valence-corrected chi connectivity index (χ4v) is 3.46. The Morgan fingerprint density at radius 2 is 2.00 bits per heavy atom. The van der Waals surface area contributed by atoms with Gasteiger partial charge in [-0.2, -0.15) is 0 Å². The Hall–Kier alpha value is -2.96. The summed E-state index contributed by atoms with van der Waals surface area (Å²) in [5, 5.41) is 5.41. The molecule has 1 atom stereocenters. The number of para-hydroxylation sites is 1. The zero-order valence-electron chi connectivity index (χ0n) is 16.4. The van der Waals surface area contributed by atoms with E-state index in [9.17, 15) is 14.4 Å². The minimum Gasteiger partial charge on any atom is -0.452 e. The fraction of sp³-hybridized carbons (Fsp3) is 0.429. The number of nitrogens with one attached hydrogen (secondary N) is 2. The molecule has 1 heterocycles. The summed E-state index contributed by atoms with van der Waals surface area (Å²) >= 11 is 0. The van der Waals surface area contributed by atoms with Gasteiger partial charge in [-0.3, -0.25) is 15.1 Å². The molecule has 7 nitrogen and oxygen atoms in total. The lowest BCUT2D eigenvalue weighted by Gasteiger charge is -2.24. The molecular formula is C21H25N3O4. The highest BCUT2D eigenvalue weighted by Gasteiger charge is 2.26. The number of carbonyl (C=O) groups is 3. The van der Waals surface area contributed by atoms with Crippen molar-refractivity contribution in [3.8, 4) is 0 Å². The highest BCUT2D eigenvalue weighted by molar-refractivity contribution is 6.06. The quantitative estimate of drug-likeness (QED) is 0.791. The van der Waals surface area contributed by atoms with E-state index in [1.165, 1.54) is 0 Å². The van der Waals surface area contributed by atoms with Crippen molar-refractivity contribution in [2.45, 2.75) is 46.1 Å². The standard InChI is InChI=1S/C21H25N3O4/c1-12(2)22-21(27)24-18(25)11-28-20(26)19-14-6-4-5-7-16(14)23-17-9-8-13(3)10-15(17)19/h4-7,12-13H,8-11H2,1-3H3,(H2,22,24,25,27). The summed E-state index contributed by atoms with van der Waals surface area (Å²) in [6.45, 7) is 5.19. The van der Waals surface area contributed by atoms with Crippen LogP contribution in [0.4, 0.5) is 4.79 Å². The van der Waals surface area contributed by atoms with Gasteiger partial charge < -0.3 is 10.1 Å². The average Bonchev–Trinajstić information content (AvgIpc) is 2.63. The summed E-state index contributed by atoms with van der Waals surface area (Å²) in [6, 6.07) is 6.72. The number of imide groups is 1. The van der Waals surface area contributed by atoms with E-state index in [2.05, 4.69) is 17.6 Å². The van der Waals surface area contributed by atoms with Crippen LogP contribution in [0.25, 0.3) is 10.9 Å². The number of fused-ring (bicyclic) bond motifs is 2. The highest BCUT2D eigenvalue weighted by Crippen LogP contribution is 2.31. The molecule has 0 radical (unpaired) electrons. The van der Waals surface area contributed by atoms with E-state index < -0.39 is 24.5 Å². The fourth-order valence-electron chi connectivity index (χ4n) is 3.46. The minimum absolute atomic E-state index is 0.105. The Bertz CT molecular complexity index is 923. The zero-order valence-corrected chi connectivity index (χ0v) is 16.4. The lowest BCUT2D eigenvalue weighted by molar-refractivity contribution is -0.123. The van der Waals surface area contributed by atoms with E-state index in [0.29, 0.717) is 11.5 Å². The maximum atomic E-state index is 12.9. The van der Waals surface area contributed by atoms with Crippen LogP contribution in [0.15, 0.2) is 24.3 Å². The number of rotatable bonds is 4. The van der Waals surface area contributed by atoms with Crippen molar-refractivity contribution in [1.82, 2.24) is 15.6 Å². The van der Waals surface area contributed by atoms with Crippen molar-refractivity contribution >= 4 is 28.8 Å². The number of pyridine rings is 1. The molecule has 3 rings (SSSR count). The van der Waals surface area contributed by atoms with Crippen molar-refractivity contribution in [3.63, 3.8) is 0 Å². The molecule has 0 fully saturated rings. The number of nitrogens with zero attached hydrogens (tertiary/aromatic N) is 1.